The number of amides is 1. The summed E-state index contributed by atoms with van der Waals surface area (Å²) in [5, 5.41) is 0. The monoisotopic (exact) mass is 382 g/mol. The molecule has 1 atom stereocenters. The van der Waals surface area contributed by atoms with Crippen LogP contribution in [0.3, 0.4) is 0 Å². The largest absolute Gasteiger partial charge is 0.370 e. The number of carbonyl (C=O) groups is 1. The summed E-state index contributed by atoms with van der Waals surface area (Å²) in [4.78, 5) is 11.4. The molecule has 0 aliphatic rings. The average molecular weight is 383 g/mol. The maximum atomic E-state index is 12.4. The Morgan fingerprint density at radius 2 is 1.68 bits per heavy atom. The molecule has 7 heteroatoms. The number of hydrogen-bond donors (Lipinski definition) is 2. The van der Waals surface area contributed by atoms with E-state index >= 15 is 0 Å². The minimum absolute atomic E-state index is 0.111. The topological polar surface area (TPSA) is 89.3 Å². The molecule has 0 spiro atoms. The molecule has 0 saturated heterocycles. The van der Waals surface area contributed by atoms with E-state index in [4.69, 9.17) is 5.73 Å². The Hall–Kier alpha value is -1.70. The first-order chi connectivity index (χ1) is 10.4. The highest BCUT2D eigenvalue weighted by atomic mass is 79.9. The molecule has 22 heavy (non-hydrogen) atoms. The van der Waals surface area contributed by atoms with Crippen LogP contribution >= 0.6 is 15.9 Å². The Bertz CT molecular complexity index is 746. The maximum Gasteiger partial charge on any atom is 0.241 e. The molecule has 2 rings (SSSR count). The van der Waals surface area contributed by atoms with Crippen LogP contribution in [-0.2, 0) is 14.8 Å². The summed E-state index contributed by atoms with van der Waals surface area (Å²) in [6.45, 7) is 0. The Morgan fingerprint density at radius 1 is 1.09 bits per heavy atom. The molecule has 5 nitrogen and oxygen atoms in total. The smallest absolute Gasteiger partial charge is 0.241 e. The molecular formula is C15H15BrN2O3S. The highest BCUT2D eigenvalue weighted by molar-refractivity contribution is 9.10. The van der Waals surface area contributed by atoms with E-state index in [1.807, 2.05) is 6.07 Å². The molecule has 3 N–H and O–H groups in total. The summed E-state index contributed by atoms with van der Waals surface area (Å²) >= 11 is 3.26. The van der Waals surface area contributed by atoms with Crippen molar-refractivity contribution < 1.29 is 13.2 Å². The van der Waals surface area contributed by atoms with Crippen molar-refractivity contribution in [2.75, 3.05) is 0 Å². The predicted octanol–water partition coefficient (Wildman–Crippen LogP) is 2.34. The first-order valence-corrected chi connectivity index (χ1v) is 8.77. The van der Waals surface area contributed by atoms with Crippen LogP contribution in [0, 0.1) is 0 Å². The Morgan fingerprint density at radius 3 is 2.23 bits per heavy atom. The van der Waals surface area contributed by atoms with Crippen molar-refractivity contribution >= 4 is 31.9 Å². The lowest BCUT2D eigenvalue weighted by atomic mass is 10.1. The molecule has 0 aromatic heterocycles. The molecule has 0 radical (unpaired) electrons. The number of rotatable bonds is 6. The zero-order chi connectivity index (χ0) is 16.2. The standard InChI is InChI=1S/C15H15BrN2O3S/c16-12-6-8-13(9-7-12)22(20,21)18-14(10-15(17)19)11-4-2-1-3-5-11/h1-9,14,18H,10H2,(H2,17,19). The number of hydrogen-bond acceptors (Lipinski definition) is 3. The van der Waals surface area contributed by atoms with Crippen LogP contribution in [-0.4, -0.2) is 14.3 Å². The van der Waals surface area contributed by atoms with E-state index in [1.165, 1.54) is 12.1 Å². The molecular weight excluding hydrogens is 368 g/mol. The minimum Gasteiger partial charge on any atom is -0.370 e. The molecule has 1 amide bonds. The van der Waals surface area contributed by atoms with Gasteiger partial charge in [0.25, 0.3) is 0 Å². The highest BCUT2D eigenvalue weighted by Crippen LogP contribution is 2.21. The van der Waals surface area contributed by atoms with Crippen molar-refractivity contribution in [3.05, 3.63) is 64.6 Å². The van der Waals surface area contributed by atoms with E-state index in [0.29, 0.717) is 5.56 Å². The van der Waals surface area contributed by atoms with E-state index in [1.54, 1.807) is 36.4 Å². The molecule has 0 bridgehead atoms. The number of nitrogens with two attached hydrogens (primary N) is 1. The third kappa shape index (κ3) is 4.40. The first-order valence-electron chi connectivity index (χ1n) is 6.49. The van der Waals surface area contributed by atoms with Crippen molar-refractivity contribution in [1.82, 2.24) is 4.72 Å². The summed E-state index contributed by atoms with van der Waals surface area (Å²) in [6, 6.07) is 14.4. The Labute approximate surface area is 137 Å². The number of benzene rings is 2. The number of sulfonamides is 1. The SMILES string of the molecule is NC(=O)CC(NS(=O)(=O)c1ccc(Br)cc1)c1ccccc1. The lowest BCUT2D eigenvalue weighted by Gasteiger charge is -2.18. The summed E-state index contributed by atoms with van der Waals surface area (Å²) in [6.07, 6.45) is -0.111. The second-order valence-corrected chi connectivity index (χ2v) is 7.34. The molecule has 0 heterocycles. The fraction of sp³-hybridized carbons (Fsp3) is 0.133. The van der Waals surface area contributed by atoms with Gasteiger partial charge in [-0.25, -0.2) is 13.1 Å². The lowest BCUT2D eigenvalue weighted by Crippen LogP contribution is -2.31. The number of carbonyl (C=O) groups excluding carboxylic acids is 1. The van der Waals surface area contributed by atoms with E-state index in [2.05, 4.69) is 20.7 Å². The van der Waals surface area contributed by atoms with Crippen LogP contribution in [0.4, 0.5) is 0 Å². The van der Waals surface area contributed by atoms with Gasteiger partial charge in [-0.3, -0.25) is 4.79 Å². The third-order valence-electron chi connectivity index (χ3n) is 3.03. The molecule has 0 aliphatic heterocycles. The average Bonchev–Trinajstić information content (AvgIpc) is 2.47. The Balaban J connectivity index is 2.30. The second-order valence-electron chi connectivity index (χ2n) is 4.71. The van der Waals surface area contributed by atoms with E-state index in [-0.39, 0.29) is 11.3 Å². The van der Waals surface area contributed by atoms with Gasteiger partial charge in [-0.05, 0) is 29.8 Å². The molecule has 2 aromatic carbocycles. The zero-order valence-corrected chi connectivity index (χ0v) is 14.0. The minimum atomic E-state index is -3.75. The van der Waals surface area contributed by atoms with Gasteiger partial charge in [-0.2, -0.15) is 0 Å². The normalized spacial score (nSPS) is 12.8. The van der Waals surface area contributed by atoms with Crippen LogP contribution in [0.25, 0.3) is 0 Å². The maximum absolute atomic E-state index is 12.4. The van der Waals surface area contributed by atoms with Crippen LogP contribution < -0.4 is 10.5 Å². The highest BCUT2D eigenvalue weighted by Gasteiger charge is 2.22. The molecule has 116 valence electrons. The van der Waals surface area contributed by atoms with Crippen LogP contribution in [0.2, 0.25) is 0 Å². The molecule has 2 aromatic rings. The van der Waals surface area contributed by atoms with Gasteiger partial charge in [0.05, 0.1) is 10.9 Å². The summed E-state index contributed by atoms with van der Waals surface area (Å²) < 4.78 is 28.2. The molecule has 0 saturated carbocycles. The fourth-order valence-corrected chi connectivity index (χ4v) is 3.47. The van der Waals surface area contributed by atoms with Crippen molar-refractivity contribution in [3.8, 4) is 0 Å². The fourth-order valence-electron chi connectivity index (χ4n) is 1.98. The lowest BCUT2D eigenvalue weighted by molar-refractivity contribution is -0.118. The van der Waals surface area contributed by atoms with Gasteiger partial charge in [0.1, 0.15) is 0 Å². The number of nitrogens with one attached hydrogen (secondary N) is 1. The van der Waals surface area contributed by atoms with Crippen LogP contribution in [0.1, 0.15) is 18.0 Å². The van der Waals surface area contributed by atoms with E-state index in [9.17, 15) is 13.2 Å². The summed E-state index contributed by atoms with van der Waals surface area (Å²) in [7, 11) is -3.75. The Kier molecular flexibility index (Phi) is 5.33. The van der Waals surface area contributed by atoms with Gasteiger partial charge in [-0.1, -0.05) is 46.3 Å². The van der Waals surface area contributed by atoms with Crippen molar-refractivity contribution in [2.24, 2.45) is 5.73 Å². The summed E-state index contributed by atoms with van der Waals surface area (Å²) in [5.74, 6) is -0.577. The van der Waals surface area contributed by atoms with Crippen LogP contribution in [0.15, 0.2) is 64.0 Å². The van der Waals surface area contributed by atoms with Gasteiger partial charge in [0.15, 0.2) is 0 Å². The molecule has 0 aliphatic carbocycles. The molecule has 0 fully saturated rings. The van der Waals surface area contributed by atoms with Gasteiger partial charge in [-0.15, -0.1) is 0 Å². The van der Waals surface area contributed by atoms with Gasteiger partial charge in [0, 0.05) is 10.9 Å². The van der Waals surface area contributed by atoms with Gasteiger partial charge < -0.3 is 5.73 Å². The zero-order valence-electron chi connectivity index (χ0n) is 11.6. The van der Waals surface area contributed by atoms with Crippen molar-refractivity contribution in [3.63, 3.8) is 0 Å². The first kappa shape index (κ1) is 16.7. The number of halogens is 1. The van der Waals surface area contributed by atoms with Gasteiger partial charge >= 0.3 is 0 Å². The quantitative estimate of drug-likeness (QED) is 0.803. The van der Waals surface area contributed by atoms with Crippen molar-refractivity contribution in [2.45, 2.75) is 17.4 Å². The van der Waals surface area contributed by atoms with E-state index < -0.39 is 22.0 Å². The van der Waals surface area contributed by atoms with E-state index in [0.717, 1.165) is 4.47 Å². The second kappa shape index (κ2) is 7.04. The van der Waals surface area contributed by atoms with Gasteiger partial charge in [0.2, 0.25) is 15.9 Å². The predicted molar refractivity (Wildman–Crippen MR) is 87.5 cm³/mol. The third-order valence-corrected chi connectivity index (χ3v) is 5.04. The number of primary amides is 1. The summed E-state index contributed by atoms with van der Waals surface area (Å²) in [5.41, 5.74) is 5.91. The molecule has 1 unspecified atom stereocenters. The van der Waals surface area contributed by atoms with Crippen molar-refractivity contribution in [1.29, 1.82) is 0 Å². The van der Waals surface area contributed by atoms with Crippen LogP contribution in [0.5, 0.6) is 0 Å².